The van der Waals surface area contributed by atoms with Gasteiger partial charge < -0.3 is 14.8 Å². The third-order valence-electron chi connectivity index (χ3n) is 3.59. The maximum Gasteiger partial charge on any atom is 0.263 e. The molecule has 0 aliphatic carbocycles. The lowest BCUT2D eigenvalue weighted by Gasteiger charge is -2.20. The van der Waals surface area contributed by atoms with Crippen LogP contribution in [0.5, 0.6) is 0 Å². The number of anilines is 2. The van der Waals surface area contributed by atoms with Crippen LogP contribution in [0, 0.1) is 6.92 Å². The van der Waals surface area contributed by atoms with Gasteiger partial charge in [0.1, 0.15) is 0 Å². The highest BCUT2D eigenvalue weighted by Crippen LogP contribution is 2.28. The lowest BCUT2D eigenvalue weighted by Crippen LogP contribution is -2.10. The van der Waals surface area contributed by atoms with E-state index in [0.29, 0.717) is 18.9 Å². The second-order valence-corrected chi connectivity index (χ2v) is 5.37. The number of benzene rings is 2. The maximum atomic E-state index is 12.8. The van der Waals surface area contributed by atoms with E-state index in [2.05, 4.69) is 5.32 Å². The molecule has 0 aliphatic heterocycles. The molecular formula is C19H23F2NO2. The second kappa shape index (κ2) is 8.76. The van der Waals surface area contributed by atoms with E-state index in [1.807, 2.05) is 39.0 Å². The minimum atomic E-state index is -2.48. The third-order valence-corrected chi connectivity index (χ3v) is 3.59. The Balaban J connectivity index is 2.18. The van der Waals surface area contributed by atoms with Crippen molar-refractivity contribution in [1.29, 1.82) is 0 Å². The minimum absolute atomic E-state index is 0.00102. The summed E-state index contributed by atoms with van der Waals surface area (Å²) in [4.78, 5) is 0. The average Bonchev–Trinajstić information content (AvgIpc) is 2.55. The van der Waals surface area contributed by atoms with E-state index in [0.717, 1.165) is 16.8 Å². The SMILES string of the molecule is CCOC(OCC)c1ccc(Nc2cccc(C(F)F)c2)cc1C. The van der Waals surface area contributed by atoms with Gasteiger partial charge in [0.25, 0.3) is 6.43 Å². The Morgan fingerprint density at radius 1 is 0.958 bits per heavy atom. The van der Waals surface area contributed by atoms with Gasteiger partial charge in [-0.2, -0.15) is 0 Å². The van der Waals surface area contributed by atoms with Crippen LogP contribution in [0.4, 0.5) is 20.2 Å². The third kappa shape index (κ3) is 4.76. The number of hydrogen-bond acceptors (Lipinski definition) is 3. The lowest BCUT2D eigenvalue weighted by atomic mass is 10.1. The highest BCUT2D eigenvalue weighted by Gasteiger charge is 2.14. The number of aryl methyl sites for hydroxylation is 1. The fraction of sp³-hybridized carbons (Fsp3) is 0.368. The number of rotatable bonds is 8. The van der Waals surface area contributed by atoms with Crippen LogP contribution in [0.3, 0.4) is 0 Å². The second-order valence-electron chi connectivity index (χ2n) is 5.37. The number of halogens is 2. The van der Waals surface area contributed by atoms with Crippen LogP contribution in [-0.4, -0.2) is 13.2 Å². The molecule has 0 fully saturated rings. The summed E-state index contributed by atoms with van der Waals surface area (Å²) in [5.74, 6) is 0. The molecule has 0 aliphatic rings. The highest BCUT2D eigenvalue weighted by molar-refractivity contribution is 5.61. The van der Waals surface area contributed by atoms with E-state index in [9.17, 15) is 8.78 Å². The number of hydrogen-bond donors (Lipinski definition) is 1. The number of ether oxygens (including phenoxy) is 2. The van der Waals surface area contributed by atoms with Crippen LogP contribution in [0.2, 0.25) is 0 Å². The molecule has 0 amide bonds. The first-order valence-corrected chi connectivity index (χ1v) is 8.04. The van der Waals surface area contributed by atoms with Crippen molar-refractivity contribution in [1.82, 2.24) is 0 Å². The molecule has 0 atom stereocenters. The van der Waals surface area contributed by atoms with Gasteiger partial charge in [0, 0.05) is 35.7 Å². The van der Waals surface area contributed by atoms with Crippen LogP contribution in [0.1, 0.15) is 43.3 Å². The molecule has 2 aromatic rings. The summed E-state index contributed by atoms with van der Waals surface area (Å²) in [5.41, 5.74) is 3.43. The summed E-state index contributed by atoms with van der Waals surface area (Å²) in [5, 5.41) is 3.16. The van der Waals surface area contributed by atoms with Crippen molar-refractivity contribution in [2.45, 2.75) is 33.5 Å². The van der Waals surface area contributed by atoms with Gasteiger partial charge >= 0.3 is 0 Å². The normalized spacial score (nSPS) is 11.3. The van der Waals surface area contributed by atoms with Crippen LogP contribution in [0.15, 0.2) is 42.5 Å². The van der Waals surface area contributed by atoms with Gasteiger partial charge in [-0.1, -0.05) is 18.2 Å². The Labute approximate surface area is 141 Å². The molecule has 130 valence electrons. The highest BCUT2D eigenvalue weighted by atomic mass is 19.3. The fourth-order valence-electron chi connectivity index (χ4n) is 2.47. The zero-order valence-corrected chi connectivity index (χ0v) is 14.2. The summed E-state index contributed by atoms with van der Waals surface area (Å²) in [6.07, 6.45) is -2.87. The molecule has 5 heteroatoms. The van der Waals surface area contributed by atoms with Crippen molar-refractivity contribution in [3.8, 4) is 0 Å². The molecule has 0 heterocycles. The predicted octanol–water partition coefficient (Wildman–Crippen LogP) is 5.75. The van der Waals surface area contributed by atoms with Gasteiger partial charge in [-0.25, -0.2) is 8.78 Å². The Morgan fingerprint density at radius 2 is 1.62 bits per heavy atom. The zero-order chi connectivity index (χ0) is 17.5. The van der Waals surface area contributed by atoms with Crippen molar-refractivity contribution < 1.29 is 18.3 Å². The quantitative estimate of drug-likeness (QED) is 0.623. The number of alkyl halides is 2. The lowest BCUT2D eigenvalue weighted by molar-refractivity contribution is -0.140. The fourth-order valence-corrected chi connectivity index (χ4v) is 2.47. The van der Waals surface area contributed by atoms with E-state index in [-0.39, 0.29) is 5.56 Å². The van der Waals surface area contributed by atoms with Gasteiger partial charge in [-0.05, 0) is 50.6 Å². The predicted molar refractivity (Wildman–Crippen MR) is 91.9 cm³/mol. The standard InChI is InChI=1S/C19H23F2NO2/c1-4-23-19(24-5-2)17-10-9-16(11-13(17)3)22-15-8-6-7-14(12-15)18(20)21/h6-12,18-19,22H,4-5H2,1-3H3. The summed E-state index contributed by atoms with van der Waals surface area (Å²) in [6.45, 7) is 6.94. The average molecular weight is 335 g/mol. The molecule has 0 aromatic heterocycles. The Kier molecular flexibility index (Phi) is 6.70. The van der Waals surface area contributed by atoms with Crippen molar-refractivity contribution in [3.63, 3.8) is 0 Å². The summed E-state index contributed by atoms with van der Waals surface area (Å²) < 4.78 is 36.8. The molecule has 0 saturated heterocycles. The van der Waals surface area contributed by atoms with Gasteiger partial charge in [-0.15, -0.1) is 0 Å². The molecule has 1 N–H and O–H groups in total. The first-order valence-electron chi connectivity index (χ1n) is 8.04. The zero-order valence-electron chi connectivity index (χ0n) is 14.2. The van der Waals surface area contributed by atoms with E-state index >= 15 is 0 Å². The van der Waals surface area contributed by atoms with Gasteiger partial charge in [0.05, 0.1) is 0 Å². The van der Waals surface area contributed by atoms with Crippen LogP contribution >= 0.6 is 0 Å². The Morgan fingerprint density at radius 3 is 2.21 bits per heavy atom. The Hall–Kier alpha value is -1.98. The molecule has 0 spiro atoms. The smallest absolute Gasteiger partial charge is 0.263 e. The van der Waals surface area contributed by atoms with Crippen molar-refractivity contribution in [2.75, 3.05) is 18.5 Å². The topological polar surface area (TPSA) is 30.5 Å². The van der Waals surface area contributed by atoms with Gasteiger partial charge in [0.2, 0.25) is 0 Å². The van der Waals surface area contributed by atoms with Gasteiger partial charge in [-0.3, -0.25) is 0 Å². The Bertz CT molecular complexity index is 656. The van der Waals surface area contributed by atoms with Crippen molar-refractivity contribution >= 4 is 11.4 Å². The minimum Gasteiger partial charge on any atom is -0.356 e. The number of nitrogens with one attached hydrogen (secondary N) is 1. The van der Waals surface area contributed by atoms with Crippen LogP contribution < -0.4 is 5.32 Å². The van der Waals surface area contributed by atoms with Crippen molar-refractivity contribution in [3.05, 3.63) is 59.2 Å². The van der Waals surface area contributed by atoms with Gasteiger partial charge in [0.15, 0.2) is 6.29 Å². The molecule has 0 radical (unpaired) electrons. The largest absolute Gasteiger partial charge is 0.356 e. The van der Waals surface area contributed by atoms with E-state index in [1.54, 1.807) is 12.1 Å². The maximum absolute atomic E-state index is 12.8. The first-order chi connectivity index (χ1) is 11.5. The monoisotopic (exact) mass is 335 g/mol. The molecule has 2 rings (SSSR count). The van der Waals surface area contributed by atoms with E-state index < -0.39 is 12.7 Å². The van der Waals surface area contributed by atoms with E-state index in [1.165, 1.54) is 12.1 Å². The molecule has 0 bridgehead atoms. The molecule has 3 nitrogen and oxygen atoms in total. The summed E-state index contributed by atoms with van der Waals surface area (Å²) in [6, 6.07) is 12.0. The summed E-state index contributed by atoms with van der Waals surface area (Å²) in [7, 11) is 0. The molecule has 0 unspecified atom stereocenters. The van der Waals surface area contributed by atoms with E-state index in [4.69, 9.17) is 9.47 Å². The molecular weight excluding hydrogens is 312 g/mol. The van der Waals surface area contributed by atoms with Crippen LogP contribution in [-0.2, 0) is 9.47 Å². The molecule has 24 heavy (non-hydrogen) atoms. The summed E-state index contributed by atoms with van der Waals surface area (Å²) >= 11 is 0. The van der Waals surface area contributed by atoms with Crippen molar-refractivity contribution in [2.24, 2.45) is 0 Å². The molecule has 2 aromatic carbocycles. The molecule has 0 saturated carbocycles. The first kappa shape index (κ1) is 18.4. The van der Waals surface area contributed by atoms with Crippen LogP contribution in [0.25, 0.3) is 0 Å².